The van der Waals surface area contributed by atoms with Crippen LogP contribution in [0.4, 0.5) is 4.79 Å². The summed E-state index contributed by atoms with van der Waals surface area (Å²) in [6.45, 7) is 3.63. The predicted molar refractivity (Wildman–Crippen MR) is 93.5 cm³/mol. The molecule has 0 bridgehead atoms. The van der Waals surface area contributed by atoms with Crippen LogP contribution < -0.4 is 11.1 Å². The zero-order valence-corrected chi connectivity index (χ0v) is 13.9. The standard InChI is InChI=1S/C18H24N4O2/c1-12-5-4-8-22(11-12)17(23)16(21-18(19)24)9-13-10-20-15-7-3-2-6-14(13)15/h2-3,6-7,10,12,16,20H,4-5,8-9,11H2,1H3,(H3,19,21,24)/t12-,16-/m0/s1. The van der Waals surface area contributed by atoms with Crippen LogP contribution in [0.1, 0.15) is 25.3 Å². The summed E-state index contributed by atoms with van der Waals surface area (Å²) in [5.41, 5.74) is 7.32. The normalized spacial score (nSPS) is 19.2. The Hall–Kier alpha value is -2.50. The van der Waals surface area contributed by atoms with Crippen molar-refractivity contribution >= 4 is 22.8 Å². The van der Waals surface area contributed by atoms with Gasteiger partial charge >= 0.3 is 6.03 Å². The first kappa shape index (κ1) is 16.4. The van der Waals surface area contributed by atoms with Gasteiger partial charge < -0.3 is 20.9 Å². The number of nitrogens with one attached hydrogen (secondary N) is 2. The highest BCUT2D eigenvalue weighted by atomic mass is 16.2. The summed E-state index contributed by atoms with van der Waals surface area (Å²) >= 11 is 0. The molecule has 1 aliphatic heterocycles. The zero-order valence-electron chi connectivity index (χ0n) is 13.9. The number of para-hydroxylation sites is 1. The van der Waals surface area contributed by atoms with Crippen molar-refractivity contribution in [1.82, 2.24) is 15.2 Å². The number of rotatable bonds is 4. The maximum Gasteiger partial charge on any atom is 0.312 e. The molecule has 0 aliphatic carbocycles. The second-order valence-electron chi connectivity index (χ2n) is 6.66. The summed E-state index contributed by atoms with van der Waals surface area (Å²) in [6, 6.07) is 6.62. The second kappa shape index (κ2) is 6.95. The topological polar surface area (TPSA) is 91.2 Å². The van der Waals surface area contributed by atoms with E-state index < -0.39 is 12.1 Å². The average Bonchev–Trinajstić information content (AvgIpc) is 2.96. The van der Waals surface area contributed by atoms with Crippen molar-refractivity contribution in [3.05, 3.63) is 36.0 Å². The van der Waals surface area contributed by atoms with Crippen LogP contribution >= 0.6 is 0 Å². The lowest BCUT2D eigenvalue weighted by Gasteiger charge is -2.33. The molecule has 0 unspecified atom stereocenters. The van der Waals surface area contributed by atoms with E-state index in [4.69, 9.17) is 5.73 Å². The van der Waals surface area contributed by atoms with Crippen LogP contribution in [0.15, 0.2) is 30.5 Å². The lowest BCUT2D eigenvalue weighted by molar-refractivity contribution is -0.134. The van der Waals surface area contributed by atoms with E-state index in [0.29, 0.717) is 12.3 Å². The maximum atomic E-state index is 12.9. The third-order valence-corrected chi connectivity index (χ3v) is 4.68. The highest BCUT2D eigenvalue weighted by Crippen LogP contribution is 2.21. The smallest absolute Gasteiger partial charge is 0.312 e. The van der Waals surface area contributed by atoms with Gasteiger partial charge in [-0.15, -0.1) is 0 Å². The molecule has 0 saturated carbocycles. The first-order valence-electron chi connectivity index (χ1n) is 8.44. The third-order valence-electron chi connectivity index (χ3n) is 4.68. The fourth-order valence-electron chi connectivity index (χ4n) is 3.50. The molecule has 128 valence electrons. The molecule has 4 N–H and O–H groups in total. The highest BCUT2D eigenvalue weighted by molar-refractivity contribution is 5.89. The number of H-pyrrole nitrogens is 1. The van der Waals surface area contributed by atoms with E-state index in [1.54, 1.807) is 0 Å². The van der Waals surface area contributed by atoms with E-state index in [1.165, 1.54) is 0 Å². The van der Waals surface area contributed by atoms with Gasteiger partial charge in [-0.05, 0) is 30.4 Å². The highest BCUT2D eigenvalue weighted by Gasteiger charge is 2.29. The number of hydrogen-bond donors (Lipinski definition) is 3. The number of carbonyl (C=O) groups excluding carboxylic acids is 2. The number of piperidine rings is 1. The van der Waals surface area contributed by atoms with Gasteiger partial charge in [-0.3, -0.25) is 4.79 Å². The minimum absolute atomic E-state index is 0.0503. The molecule has 1 aliphatic rings. The van der Waals surface area contributed by atoms with Crippen LogP contribution in [-0.2, 0) is 11.2 Å². The lowest BCUT2D eigenvalue weighted by atomic mass is 9.98. The molecular weight excluding hydrogens is 304 g/mol. The summed E-state index contributed by atoms with van der Waals surface area (Å²) < 4.78 is 0. The molecule has 2 heterocycles. The van der Waals surface area contributed by atoms with E-state index >= 15 is 0 Å². The summed E-state index contributed by atoms with van der Waals surface area (Å²) in [6.07, 6.45) is 4.46. The number of aromatic amines is 1. The van der Waals surface area contributed by atoms with Crippen LogP contribution in [0, 0.1) is 5.92 Å². The Morgan fingerprint density at radius 3 is 2.96 bits per heavy atom. The quantitative estimate of drug-likeness (QED) is 0.801. The van der Waals surface area contributed by atoms with Gasteiger partial charge in [0.05, 0.1) is 0 Å². The van der Waals surface area contributed by atoms with Gasteiger partial charge in [0.1, 0.15) is 6.04 Å². The molecule has 6 nitrogen and oxygen atoms in total. The van der Waals surface area contributed by atoms with Crippen molar-refractivity contribution in [3.8, 4) is 0 Å². The van der Waals surface area contributed by atoms with Crippen LogP contribution in [0.2, 0.25) is 0 Å². The van der Waals surface area contributed by atoms with E-state index in [9.17, 15) is 9.59 Å². The SMILES string of the molecule is C[C@H]1CCCN(C(=O)[C@H](Cc2c[nH]c3ccccc23)NC(N)=O)C1. The Morgan fingerprint density at radius 1 is 1.42 bits per heavy atom. The number of aromatic nitrogens is 1. The van der Waals surface area contributed by atoms with Gasteiger partial charge in [0.15, 0.2) is 0 Å². The number of benzene rings is 1. The fraction of sp³-hybridized carbons (Fsp3) is 0.444. The Morgan fingerprint density at radius 2 is 2.21 bits per heavy atom. The number of fused-ring (bicyclic) bond motifs is 1. The largest absolute Gasteiger partial charge is 0.361 e. The van der Waals surface area contributed by atoms with Gasteiger partial charge in [-0.1, -0.05) is 25.1 Å². The number of hydrogen-bond acceptors (Lipinski definition) is 2. The number of nitrogens with zero attached hydrogens (tertiary/aromatic N) is 1. The molecule has 1 saturated heterocycles. The summed E-state index contributed by atoms with van der Waals surface area (Å²) in [5, 5.41) is 3.69. The van der Waals surface area contributed by atoms with Crippen molar-refractivity contribution < 1.29 is 9.59 Å². The van der Waals surface area contributed by atoms with Crippen molar-refractivity contribution in [2.75, 3.05) is 13.1 Å². The fourth-order valence-corrected chi connectivity index (χ4v) is 3.50. The molecular formula is C18H24N4O2. The minimum atomic E-state index is -0.668. The molecule has 2 atom stereocenters. The van der Waals surface area contributed by atoms with Gasteiger partial charge in [-0.2, -0.15) is 0 Å². The molecule has 6 heteroatoms. The van der Waals surface area contributed by atoms with Crippen LogP contribution in [0.25, 0.3) is 10.9 Å². The molecule has 2 aromatic rings. The van der Waals surface area contributed by atoms with Crippen LogP contribution in [0.5, 0.6) is 0 Å². The average molecular weight is 328 g/mol. The zero-order chi connectivity index (χ0) is 17.1. The van der Waals surface area contributed by atoms with E-state index in [-0.39, 0.29) is 5.91 Å². The maximum absolute atomic E-state index is 12.9. The summed E-state index contributed by atoms with van der Waals surface area (Å²) in [5.74, 6) is 0.440. The van der Waals surface area contributed by atoms with Gasteiger partial charge in [0.25, 0.3) is 0 Å². The van der Waals surface area contributed by atoms with Gasteiger partial charge in [0, 0.05) is 36.6 Å². The third kappa shape index (κ3) is 3.53. The number of carbonyl (C=O) groups is 2. The van der Waals surface area contributed by atoms with Crippen molar-refractivity contribution in [2.24, 2.45) is 11.7 Å². The van der Waals surface area contributed by atoms with E-state index in [2.05, 4.69) is 17.2 Å². The van der Waals surface area contributed by atoms with Crippen molar-refractivity contribution in [2.45, 2.75) is 32.2 Å². The first-order valence-corrected chi connectivity index (χ1v) is 8.44. The number of primary amides is 1. The number of nitrogens with two attached hydrogens (primary N) is 1. The summed E-state index contributed by atoms with van der Waals surface area (Å²) in [7, 11) is 0. The van der Waals surface area contributed by atoms with Crippen molar-refractivity contribution in [3.63, 3.8) is 0 Å². The molecule has 0 spiro atoms. The van der Waals surface area contributed by atoms with Crippen molar-refractivity contribution in [1.29, 1.82) is 0 Å². The number of amides is 3. The Bertz CT molecular complexity index is 739. The molecule has 0 radical (unpaired) electrons. The minimum Gasteiger partial charge on any atom is -0.361 e. The number of likely N-dealkylation sites (tertiary alicyclic amines) is 1. The lowest BCUT2D eigenvalue weighted by Crippen LogP contribution is -2.53. The second-order valence-corrected chi connectivity index (χ2v) is 6.66. The van der Waals surface area contributed by atoms with Gasteiger partial charge in [0.2, 0.25) is 5.91 Å². The molecule has 3 rings (SSSR count). The Balaban J connectivity index is 1.81. The Labute approximate surface area is 141 Å². The first-order chi connectivity index (χ1) is 11.5. The van der Waals surface area contributed by atoms with E-state index in [0.717, 1.165) is 42.4 Å². The van der Waals surface area contributed by atoms with Crippen LogP contribution in [-0.4, -0.2) is 41.0 Å². The molecule has 1 fully saturated rings. The predicted octanol–water partition coefficient (Wildman–Crippen LogP) is 2.01. The van der Waals surface area contributed by atoms with E-state index in [1.807, 2.05) is 35.4 Å². The molecule has 24 heavy (non-hydrogen) atoms. The van der Waals surface area contributed by atoms with Crippen LogP contribution in [0.3, 0.4) is 0 Å². The monoisotopic (exact) mass is 328 g/mol. The summed E-state index contributed by atoms with van der Waals surface area (Å²) in [4.78, 5) is 29.3. The van der Waals surface area contributed by atoms with Gasteiger partial charge in [-0.25, -0.2) is 4.79 Å². The molecule has 1 aromatic carbocycles. The number of urea groups is 1. The molecule has 3 amide bonds. The molecule has 1 aromatic heterocycles. The Kier molecular flexibility index (Phi) is 4.74.